The van der Waals surface area contributed by atoms with Gasteiger partial charge in [-0.1, -0.05) is 6.07 Å². The fraction of sp³-hybridized carbons (Fsp3) is 0.333. The lowest BCUT2D eigenvalue weighted by Gasteiger charge is -2.02. The van der Waals surface area contributed by atoms with Gasteiger partial charge in [0.15, 0.2) is 0 Å². The summed E-state index contributed by atoms with van der Waals surface area (Å²) in [4.78, 5) is 10.3. The fourth-order valence-electron chi connectivity index (χ4n) is 1.71. The number of aliphatic carboxylic acids is 1. The van der Waals surface area contributed by atoms with E-state index >= 15 is 0 Å². The van der Waals surface area contributed by atoms with Crippen molar-refractivity contribution in [3.63, 3.8) is 0 Å². The molecule has 2 aromatic rings. The molecule has 0 atom stereocenters. The van der Waals surface area contributed by atoms with Crippen LogP contribution in [0.5, 0.6) is 0 Å². The second-order valence-corrected chi connectivity index (χ2v) is 3.87. The van der Waals surface area contributed by atoms with Gasteiger partial charge < -0.3 is 10.4 Å². The summed E-state index contributed by atoms with van der Waals surface area (Å²) in [6, 6.07) is 5.93. The van der Waals surface area contributed by atoms with E-state index in [2.05, 4.69) is 10.4 Å². The van der Waals surface area contributed by atoms with Gasteiger partial charge in [0.2, 0.25) is 0 Å². The summed E-state index contributed by atoms with van der Waals surface area (Å²) in [5.41, 5.74) is 2.21. The summed E-state index contributed by atoms with van der Waals surface area (Å²) in [5, 5.41) is 15.9. The number of nitrogens with zero attached hydrogens (tertiary/aromatic N) is 2. The molecule has 2 aromatic heterocycles. The standard InChI is InChI=1S/C12H15N3O2/c16-12(17)5-3-6-13-8-10-9-14-15-7-2-1-4-11(10)15/h1-2,4,7,9,13H,3,5-6,8H2,(H,16,17). The van der Waals surface area contributed by atoms with Crippen molar-refractivity contribution in [1.82, 2.24) is 14.9 Å². The molecule has 0 spiro atoms. The molecule has 0 fully saturated rings. The van der Waals surface area contributed by atoms with E-state index in [1.165, 1.54) is 0 Å². The van der Waals surface area contributed by atoms with Crippen LogP contribution in [0, 0.1) is 0 Å². The van der Waals surface area contributed by atoms with Crippen LogP contribution in [-0.2, 0) is 11.3 Å². The van der Waals surface area contributed by atoms with E-state index in [0.29, 0.717) is 19.5 Å². The number of aromatic nitrogens is 2. The van der Waals surface area contributed by atoms with E-state index in [9.17, 15) is 4.79 Å². The molecule has 0 unspecified atom stereocenters. The first kappa shape index (κ1) is 11.6. The van der Waals surface area contributed by atoms with E-state index in [1.54, 1.807) is 0 Å². The van der Waals surface area contributed by atoms with Gasteiger partial charge in [0.05, 0.1) is 11.7 Å². The molecule has 0 aliphatic heterocycles. The summed E-state index contributed by atoms with van der Waals surface area (Å²) in [5.74, 6) is -0.747. The van der Waals surface area contributed by atoms with Gasteiger partial charge in [-0.25, -0.2) is 4.52 Å². The molecule has 2 N–H and O–H groups in total. The Kier molecular flexibility index (Phi) is 3.72. The molecule has 5 nitrogen and oxygen atoms in total. The molecule has 0 saturated carbocycles. The molecule has 0 bridgehead atoms. The number of nitrogens with one attached hydrogen (secondary N) is 1. The predicted octanol–water partition coefficient (Wildman–Crippen LogP) is 1.29. The van der Waals surface area contributed by atoms with Crippen molar-refractivity contribution in [1.29, 1.82) is 0 Å². The highest BCUT2D eigenvalue weighted by Gasteiger charge is 2.02. The van der Waals surface area contributed by atoms with Gasteiger partial charge >= 0.3 is 5.97 Å². The van der Waals surface area contributed by atoms with Gasteiger partial charge in [-0.05, 0) is 25.1 Å². The van der Waals surface area contributed by atoms with Crippen molar-refractivity contribution in [2.45, 2.75) is 19.4 Å². The summed E-state index contributed by atoms with van der Waals surface area (Å²) in [6.07, 6.45) is 4.60. The van der Waals surface area contributed by atoms with Crippen LogP contribution in [0.25, 0.3) is 5.52 Å². The third-order valence-corrected chi connectivity index (χ3v) is 2.57. The number of carbonyl (C=O) groups is 1. The highest BCUT2D eigenvalue weighted by molar-refractivity contribution is 5.66. The maximum atomic E-state index is 10.3. The second kappa shape index (κ2) is 5.45. The number of rotatable bonds is 6. The number of carboxylic acids is 1. The molecule has 5 heteroatoms. The van der Waals surface area contributed by atoms with Crippen molar-refractivity contribution in [2.24, 2.45) is 0 Å². The van der Waals surface area contributed by atoms with Crippen molar-refractivity contribution >= 4 is 11.5 Å². The minimum absolute atomic E-state index is 0.210. The number of pyridine rings is 1. The molecular weight excluding hydrogens is 218 g/mol. The Hall–Kier alpha value is -1.88. The SMILES string of the molecule is O=C(O)CCCNCc1cnn2ccccc12. The first-order chi connectivity index (χ1) is 8.27. The van der Waals surface area contributed by atoms with Crippen LogP contribution in [0.3, 0.4) is 0 Å². The summed E-state index contributed by atoms with van der Waals surface area (Å²) in [7, 11) is 0. The number of fused-ring (bicyclic) bond motifs is 1. The average Bonchev–Trinajstić information content (AvgIpc) is 2.72. The molecule has 0 saturated heterocycles. The molecule has 0 aliphatic carbocycles. The number of hydrogen-bond donors (Lipinski definition) is 2. The predicted molar refractivity (Wildman–Crippen MR) is 63.8 cm³/mol. The zero-order valence-electron chi connectivity index (χ0n) is 9.47. The second-order valence-electron chi connectivity index (χ2n) is 3.87. The van der Waals surface area contributed by atoms with Crippen LogP contribution in [0.1, 0.15) is 18.4 Å². The smallest absolute Gasteiger partial charge is 0.303 e. The van der Waals surface area contributed by atoms with Crippen LogP contribution in [0.4, 0.5) is 0 Å². The third-order valence-electron chi connectivity index (χ3n) is 2.57. The van der Waals surface area contributed by atoms with Crippen LogP contribution in [0.15, 0.2) is 30.6 Å². The Balaban J connectivity index is 1.85. The van der Waals surface area contributed by atoms with Gasteiger partial charge in [0.25, 0.3) is 0 Å². The van der Waals surface area contributed by atoms with Crippen molar-refractivity contribution in [3.05, 3.63) is 36.2 Å². The summed E-state index contributed by atoms with van der Waals surface area (Å²) in [6.45, 7) is 1.42. The number of carboxylic acid groups (broad SMARTS) is 1. The minimum Gasteiger partial charge on any atom is -0.481 e. The first-order valence-corrected chi connectivity index (χ1v) is 5.61. The normalized spacial score (nSPS) is 10.8. The quantitative estimate of drug-likeness (QED) is 0.738. The van der Waals surface area contributed by atoms with Gasteiger partial charge in [-0.3, -0.25) is 4.79 Å². The Morgan fingerprint density at radius 1 is 1.47 bits per heavy atom. The van der Waals surface area contributed by atoms with Crippen LogP contribution in [0.2, 0.25) is 0 Å². The molecule has 0 aromatic carbocycles. The highest BCUT2D eigenvalue weighted by Crippen LogP contribution is 2.09. The molecule has 90 valence electrons. The van der Waals surface area contributed by atoms with Crippen LogP contribution >= 0.6 is 0 Å². The Morgan fingerprint density at radius 2 is 2.35 bits per heavy atom. The Bertz CT molecular complexity index is 507. The van der Waals surface area contributed by atoms with E-state index in [1.807, 2.05) is 35.1 Å². The van der Waals surface area contributed by atoms with Crippen molar-refractivity contribution in [2.75, 3.05) is 6.54 Å². The Labute approximate surface area is 99.1 Å². The molecule has 2 rings (SSSR count). The van der Waals surface area contributed by atoms with Crippen molar-refractivity contribution < 1.29 is 9.90 Å². The highest BCUT2D eigenvalue weighted by atomic mass is 16.4. The Morgan fingerprint density at radius 3 is 3.18 bits per heavy atom. The lowest BCUT2D eigenvalue weighted by atomic mass is 10.2. The van der Waals surface area contributed by atoms with Gasteiger partial charge in [-0.15, -0.1) is 0 Å². The van der Waals surface area contributed by atoms with E-state index in [0.717, 1.165) is 11.1 Å². The maximum Gasteiger partial charge on any atom is 0.303 e. The molecular formula is C12H15N3O2. The first-order valence-electron chi connectivity index (χ1n) is 5.61. The molecule has 0 amide bonds. The van der Waals surface area contributed by atoms with E-state index in [-0.39, 0.29) is 6.42 Å². The van der Waals surface area contributed by atoms with E-state index in [4.69, 9.17) is 5.11 Å². The number of hydrogen-bond acceptors (Lipinski definition) is 3. The van der Waals surface area contributed by atoms with Crippen LogP contribution < -0.4 is 5.32 Å². The monoisotopic (exact) mass is 233 g/mol. The van der Waals surface area contributed by atoms with Crippen LogP contribution in [-0.4, -0.2) is 27.2 Å². The fourth-order valence-corrected chi connectivity index (χ4v) is 1.71. The van der Waals surface area contributed by atoms with Gasteiger partial charge in [0, 0.05) is 24.7 Å². The molecule has 2 heterocycles. The van der Waals surface area contributed by atoms with E-state index < -0.39 is 5.97 Å². The van der Waals surface area contributed by atoms with Crippen molar-refractivity contribution in [3.8, 4) is 0 Å². The molecule has 0 aliphatic rings. The largest absolute Gasteiger partial charge is 0.481 e. The maximum absolute atomic E-state index is 10.3. The summed E-state index contributed by atoms with van der Waals surface area (Å²) < 4.78 is 1.83. The zero-order valence-corrected chi connectivity index (χ0v) is 9.47. The minimum atomic E-state index is -0.747. The molecule has 0 radical (unpaired) electrons. The van der Waals surface area contributed by atoms with Gasteiger partial charge in [0.1, 0.15) is 0 Å². The topological polar surface area (TPSA) is 66.6 Å². The zero-order chi connectivity index (χ0) is 12.1. The lowest BCUT2D eigenvalue weighted by molar-refractivity contribution is -0.137. The average molecular weight is 233 g/mol. The lowest BCUT2D eigenvalue weighted by Crippen LogP contribution is -2.15. The summed E-state index contributed by atoms with van der Waals surface area (Å²) >= 11 is 0. The third kappa shape index (κ3) is 3.04. The van der Waals surface area contributed by atoms with Gasteiger partial charge in [-0.2, -0.15) is 5.10 Å². The molecule has 17 heavy (non-hydrogen) atoms.